The average Bonchev–Trinajstić information content (AvgIpc) is 2.77. The van der Waals surface area contributed by atoms with Gasteiger partial charge in [-0.2, -0.15) is 0 Å². The minimum atomic E-state index is 0.770. The molecular weight excluding hydrogens is 204 g/mol. The Hall–Kier alpha value is -1.62. The Balaban J connectivity index is 2.09. The van der Waals surface area contributed by atoms with E-state index in [1.54, 1.807) is 0 Å². The molecule has 1 aliphatic rings. The molecule has 2 aromatic rings. The van der Waals surface area contributed by atoms with Crippen molar-refractivity contribution in [1.29, 1.82) is 0 Å². The molecule has 3 heterocycles. The van der Waals surface area contributed by atoms with E-state index < -0.39 is 0 Å². The van der Waals surface area contributed by atoms with Gasteiger partial charge >= 0.3 is 0 Å². The minimum absolute atomic E-state index is 0.770. The van der Waals surface area contributed by atoms with Gasteiger partial charge in [0.1, 0.15) is 6.33 Å². The van der Waals surface area contributed by atoms with Crippen molar-refractivity contribution in [2.24, 2.45) is 0 Å². The second-order valence-electron chi connectivity index (χ2n) is 3.99. The molecule has 1 fully saturated rings. The van der Waals surface area contributed by atoms with Crippen molar-refractivity contribution in [3.05, 3.63) is 24.3 Å². The Morgan fingerprint density at radius 1 is 1.31 bits per heavy atom. The second-order valence-corrected chi connectivity index (χ2v) is 3.99. The molecule has 0 saturated carbocycles. The fraction of sp³-hybridized carbons (Fsp3) is 0.455. The zero-order valence-corrected chi connectivity index (χ0v) is 9.26. The molecular formula is C11H14N4O. The maximum atomic E-state index is 5.35. The molecule has 0 aromatic carbocycles. The zero-order chi connectivity index (χ0) is 11.0. The van der Waals surface area contributed by atoms with Gasteiger partial charge in [0, 0.05) is 18.8 Å². The lowest BCUT2D eigenvalue weighted by Gasteiger charge is -2.28. The lowest BCUT2D eigenvalue weighted by molar-refractivity contribution is 0.122. The van der Waals surface area contributed by atoms with Crippen LogP contribution < -0.4 is 4.90 Å². The van der Waals surface area contributed by atoms with Gasteiger partial charge in [-0.05, 0) is 13.0 Å². The van der Waals surface area contributed by atoms with Crippen LogP contribution in [0.5, 0.6) is 0 Å². The standard InChI is InChI=1S/C11H14N4O/c1-9-6-10-7-12-8-15(10)11(13-9)14-2-4-16-5-3-14/h6-8H,2-5H2,1H3. The van der Waals surface area contributed by atoms with E-state index in [0.29, 0.717) is 0 Å². The summed E-state index contributed by atoms with van der Waals surface area (Å²) in [7, 11) is 0. The topological polar surface area (TPSA) is 42.7 Å². The molecule has 16 heavy (non-hydrogen) atoms. The van der Waals surface area contributed by atoms with E-state index in [-0.39, 0.29) is 0 Å². The van der Waals surface area contributed by atoms with E-state index in [0.717, 1.165) is 43.5 Å². The van der Waals surface area contributed by atoms with Crippen LogP contribution in [0.25, 0.3) is 5.52 Å². The highest BCUT2D eigenvalue weighted by Crippen LogP contribution is 2.16. The number of aryl methyl sites for hydroxylation is 1. The van der Waals surface area contributed by atoms with Crippen LogP contribution in [0.1, 0.15) is 5.69 Å². The molecule has 0 N–H and O–H groups in total. The SMILES string of the molecule is Cc1cc2cncn2c(N2CCOCC2)n1. The van der Waals surface area contributed by atoms with Crippen LogP contribution in [0.15, 0.2) is 18.6 Å². The van der Waals surface area contributed by atoms with Gasteiger partial charge in [-0.3, -0.25) is 4.40 Å². The molecule has 1 saturated heterocycles. The summed E-state index contributed by atoms with van der Waals surface area (Å²) in [5.41, 5.74) is 2.11. The van der Waals surface area contributed by atoms with Crippen molar-refractivity contribution < 1.29 is 4.74 Å². The molecule has 0 unspecified atom stereocenters. The first-order chi connectivity index (χ1) is 7.84. The number of fused-ring (bicyclic) bond motifs is 1. The van der Waals surface area contributed by atoms with Crippen LogP contribution in [-0.2, 0) is 4.74 Å². The summed E-state index contributed by atoms with van der Waals surface area (Å²) >= 11 is 0. The third kappa shape index (κ3) is 1.53. The zero-order valence-electron chi connectivity index (χ0n) is 9.26. The van der Waals surface area contributed by atoms with Gasteiger partial charge in [0.25, 0.3) is 0 Å². The smallest absolute Gasteiger partial charge is 0.211 e. The van der Waals surface area contributed by atoms with E-state index in [2.05, 4.69) is 14.9 Å². The fourth-order valence-corrected chi connectivity index (χ4v) is 2.02. The predicted octanol–water partition coefficient (Wildman–Crippen LogP) is 0.874. The van der Waals surface area contributed by atoms with Gasteiger partial charge < -0.3 is 9.64 Å². The Kier molecular flexibility index (Phi) is 2.25. The van der Waals surface area contributed by atoms with E-state index in [4.69, 9.17) is 4.74 Å². The normalized spacial score (nSPS) is 16.9. The van der Waals surface area contributed by atoms with Gasteiger partial charge in [-0.25, -0.2) is 9.97 Å². The maximum Gasteiger partial charge on any atom is 0.211 e. The first-order valence-corrected chi connectivity index (χ1v) is 5.47. The van der Waals surface area contributed by atoms with Crippen LogP contribution in [0.4, 0.5) is 5.95 Å². The number of anilines is 1. The molecule has 2 aromatic heterocycles. The molecule has 3 rings (SSSR count). The molecule has 0 atom stereocenters. The van der Waals surface area contributed by atoms with Crippen molar-refractivity contribution in [3.8, 4) is 0 Å². The van der Waals surface area contributed by atoms with E-state index in [9.17, 15) is 0 Å². The summed E-state index contributed by atoms with van der Waals surface area (Å²) in [6.45, 7) is 5.34. The Morgan fingerprint density at radius 2 is 2.12 bits per heavy atom. The first kappa shape index (κ1) is 9.59. The minimum Gasteiger partial charge on any atom is -0.378 e. The monoisotopic (exact) mass is 218 g/mol. The number of aromatic nitrogens is 3. The molecule has 84 valence electrons. The summed E-state index contributed by atoms with van der Waals surface area (Å²) < 4.78 is 7.38. The summed E-state index contributed by atoms with van der Waals surface area (Å²) in [4.78, 5) is 11.0. The van der Waals surface area contributed by atoms with Crippen LogP contribution in [0.2, 0.25) is 0 Å². The third-order valence-electron chi connectivity index (χ3n) is 2.81. The summed E-state index contributed by atoms with van der Waals surface area (Å²) in [6, 6.07) is 2.04. The van der Waals surface area contributed by atoms with E-state index in [1.807, 2.05) is 29.9 Å². The van der Waals surface area contributed by atoms with Crippen LogP contribution in [0.3, 0.4) is 0 Å². The predicted molar refractivity (Wildman–Crippen MR) is 60.8 cm³/mol. The number of imidazole rings is 1. The van der Waals surface area contributed by atoms with Crippen molar-refractivity contribution in [2.75, 3.05) is 31.2 Å². The third-order valence-corrected chi connectivity index (χ3v) is 2.81. The molecule has 5 heteroatoms. The number of rotatable bonds is 1. The maximum absolute atomic E-state index is 5.35. The summed E-state index contributed by atoms with van der Waals surface area (Å²) in [5, 5.41) is 0. The highest BCUT2D eigenvalue weighted by Gasteiger charge is 2.15. The number of hydrogen-bond donors (Lipinski definition) is 0. The van der Waals surface area contributed by atoms with Gasteiger partial charge in [0.2, 0.25) is 5.95 Å². The van der Waals surface area contributed by atoms with Crippen molar-refractivity contribution in [3.63, 3.8) is 0 Å². The lowest BCUT2D eigenvalue weighted by Crippen LogP contribution is -2.38. The highest BCUT2D eigenvalue weighted by atomic mass is 16.5. The molecule has 5 nitrogen and oxygen atoms in total. The van der Waals surface area contributed by atoms with Crippen LogP contribution in [-0.4, -0.2) is 40.7 Å². The van der Waals surface area contributed by atoms with E-state index in [1.165, 1.54) is 0 Å². The van der Waals surface area contributed by atoms with Crippen LogP contribution in [0, 0.1) is 6.92 Å². The van der Waals surface area contributed by atoms with Crippen molar-refractivity contribution in [2.45, 2.75) is 6.92 Å². The number of morpholine rings is 1. The number of ether oxygens (including phenoxy) is 1. The number of nitrogens with zero attached hydrogens (tertiary/aromatic N) is 4. The van der Waals surface area contributed by atoms with E-state index >= 15 is 0 Å². The van der Waals surface area contributed by atoms with Gasteiger partial charge in [-0.15, -0.1) is 0 Å². The Labute approximate surface area is 93.7 Å². The average molecular weight is 218 g/mol. The largest absolute Gasteiger partial charge is 0.378 e. The summed E-state index contributed by atoms with van der Waals surface area (Å²) in [5.74, 6) is 0.968. The van der Waals surface area contributed by atoms with Crippen molar-refractivity contribution in [1.82, 2.24) is 14.4 Å². The Bertz CT molecular complexity index is 502. The Morgan fingerprint density at radius 3 is 2.94 bits per heavy atom. The van der Waals surface area contributed by atoms with Crippen LogP contribution >= 0.6 is 0 Å². The molecule has 0 amide bonds. The summed E-state index contributed by atoms with van der Waals surface area (Å²) in [6.07, 6.45) is 3.67. The van der Waals surface area contributed by atoms with Gasteiger partial charge in [0.05, 0.1) is 24.9 Å². The molecule has 0 spiro atoms. The number of hydrogen-bond acceptors (Lipinski definition) is 4. The molecule has 0 radical (unpaired) electrons. The second kappa shape index (κ2) is 3.75. The molecule has 0 bridgehead atoms. The lowest BCUT2D eigenvalue weighted by atomic mass is 10.4. The highest BCUT2D eigenvalue weighted by molar-refractivity contribution is 5.52. The first-order valence-electron chi connectivity index (χ1n) is 5.47. The van der Waals surface area contributed by atoms with Crippen molar-refractivity contribution >= 4 is 11.5 Å². The van der Waals surface area contributed by atoms with Gasteiger partial charge in [0.15, 0.2) is 0 Å². The molecule has 1 aliphatic heterocycles. The molecule has 0 aliphatic carbocycles. The fourth-order valence-electron chi connectivity index (χ4n) is 2.02. The van der Waals surface area contributed by atoms with Gasteiger partial charge in [-0.1, -0.05) is 0 Å². The quantitative estimate of drug-likeness (QED) is 0.712.